The third-order valence-corrected chi connectivity index (χ3v) is 7.38. The number of piperidine rings is 1. The quantitative estimate of drug-likeness (QED) is 0.692. The Hall–Kier alpha value is -3.19. The van der Waals surface area contributed by atoms with E-state index in [0.717, 1.165) is 24.4 Å². The second-order valence-electron chi connectivity index (χ2n) is 9.31. The van der Waals surface area contributed by atoms with E-state index in [0.29, 0.717) is 23.1 Å². The van der Waals surface area contributed by atoms with Crippen LogP contribution in [0.4, 0.5) is 4.79 Å². The minimum absolute atomic E-state index is 0.196. The first-order valence-electron chi connectivity index (χ1n) is 11.9. The molecule has 2 aliphatic heterocycles. The average Bonchev–Trinajstić information content (AvgIpc) is 3.11. The van der Waals surface area contributed by atoms with Gasteiger partial charge in [0.15, 0.2) is 5.54 Å². The molecule has 7 nitrogen and oxygen atoms in total. The third-order valence-electron chi connectivity index (χ3n) is 7.38. The number of hydrogen-bond acceptors (Lipinski definition) is 4. The lowest BCUT2D eigenvalue weighted by molar-refractivity contribution is -0.139. The number of nitrogens with one attached hydrogen (secondary N) is 2. The van der Waals surface area contributed by atoms with Crippen molar-refractivity contribution in [2.75, 3.05) is 13.1 Å². The monoisotopic (exact) mass is 446 g/mol. The fourth-order valence-corrected chi connectivity index (χ4v) is 5.83. The van der Waals surface area contributed by atoms with E-state index in [4.69, 9.17) is 0 Å². The molecule has 2 saturated heterocycles. The van der Waals surface area contributed by atoms with Gasteiger partial charge >= 0.3 is 6.03 Å². The predicted octanol–water partition coefficient (Wildman–Crippen LogP) is 3.17. The number of amides is 4. The second kappa shape index (κ2) is 8.98. The highest BCUT2D eigenvalue weighted by atomic mass is 16.2. The van der Waals surface area contributed by atoms with Gasteiger partial charge in [-0.15, -0.1) is 0 Å². The van der Waals surface area contributed by atoms with Crippen LogP contribution in [-0.2, 0) is 15.1 Å². The third kappa shape index (κ3) is 3.91. The molecule has 0 radical (unpaired) electrons. The molecule has 1 aliphatic carbocycles. The number of urea groups is 1. The summed E-state index contributed by atoms with van der Waals surface area (Å²) < 4.78 is 0. The summed E-state index contributed by atoms with van der Waals surface area (Å²) in [5.41, 5.74) is 2.52. The molecule has 1 saturated carbocycles. The molecule has 3 fully saturated rings. The molecular formula is C26H30N4O3. The lowest BCUT2D eigenvalue weighted by Gasteiger charge is -2.43. The van der Waals surface area contributed by atoms with Gasteiger partial charge in [0.2, 0.25) is 0 Å². The molecular weight excluding hydrogens is 416 g/mol. The SMILES string of the molecule is O=C(CN1CCC[C@@H]2CCCC[C@@H]21)NN1C(=O)NC(c2ccccc2)(c2ccccc2)C1=O. The minimum Gasteiger partial charge on any atom is -0.314 e. The first-order valence-corrected chi connectivity index (χ1v) is 11.9. The zero-order chi connectivity index (χ0) is 22.8. The molecule has 0 spiro atoms. The molecule has 2 aromatic rings. The van der Waals surface area contributed by atoms with Crippen LogP contribution in [0.5, 0.6) is 0 Å². The van der Waals surface area contributed by atoms with Gasteiger partial charge in [0, 0.05) is 6.04 Å². The fraction of sp³-hybridized carbons (Fsp3) is 0.423. The summed E-state index contributed by atoms with van der Waals surface area (Å²) in [5, 5.41) is 3.72. The van der Waals surface area contributed by atoms with Crippen LogP contribution in [0, 0.1) is 5.92 Å². The number of imide groups is 1. The second-order valence-corrected chi connectivity index (χ2v) is 9.31. The molecule has 2 N–H and O–H groups in total. The van der Waals surface area contributed by atoms with Gasteiger partial charge in [-0.3, -0.25) is 19.9 Å². The maximum atomic E-state index is 13.7. The van der Waals surface area contributed by atoms with Crippen LogP contribution >= 0.6 is 0 Å². The van der Waals surface area contributed by atoms with Crippen LogP contribution < -0.4 is 10.7 Å². The first kappa shape index (κ1) is 21.6. The smallest absolute Gasteiger partial charge is 0.314 e. The normalized spacial score (nSPS) is 24.8. The van der Waals surface area contributed by atoms with Crippen LogP contribution in [0.3, 0.4) is 0 Å². The molecule has 172 valence electrons. The van der Waals surface area contributed by atoms with Gasteiger partial charge in [0.1, 0.15) is 0 Å². The molecule has 0 bridgehead atoms. The summed E-state index contributed by atoms with van der Waals surface area (Å²) in [6.45, 7) is 1.08. The van der Waals surface area contributed by atoms with Crippen molar-refractivity contribution in [2.24, 2.45) is 5.92 Å². The Balaban J connectivity index is 1.37. The van der Waals surface area contributed by atoms with E-state index in [1.807, 2.05) is 60.7 Å². The molecule has 3 aliphatic rings. The topological polar surface area (TPSA) is 81.8 Å². The number of rotatable bonds is 5. The first-order chi connectivity index (χ1) is 16.1. The van der Waals surface area contributed by atoms with Gasteiger partial charge in [0.25, 0.3) is 11.8 Å². The van der Waals surface area contributed by atoms with E-state index >= 15 is 0 Å². The van der Waals surface area contributed by atoms with Crippen molar-refractivity contribution in [1.82, 2.24) is 20.7 Å². The summed E-state index contributed by atoms with van der Waals surface area (Å²) in [5.74, 6) is -0.185. The largest absolute Gasteiger partial charge is 0.344 e. The lowest BCUT2D eigenvalue weighted by atomic mass is 9.78. The van der Waals surface area contributed by atoms with Crippen LogP contribution in [0.1, 0.15) is 49.7 Å². The van der Waals surface area contributed by atoms with Crippen molar-refractivity contribution in [1.29, 1.82) is 0 Å². The summed E-state index contributed by atoms with van der Waals surface area (Å²) in [4.78, 5) is 41.9. The van der Waals surface area contributed by atoms with Gasteiger partial charge in [-0.2, -0.15) is 5.01 Å². The van der Waals surface area contributed by atoms with Crippen molar-refractivity contribution in [3.63, 3.8) is 0 Å². The van der Waals surface area contributed by atoms with E-state index in [9.17, 15) is 14.4 Å². The van der Waals surface area contributed by atoms with E-state index in [-0.39, 0.29) is 12.5 Å². The number of hydrazine groups is 1. The lowest BCUT2D eigenvalue weighted by Crippen LogP contribution is -2.54. The van der Waals surface area contributed by atoms with Gasteiger partial charge in [-0.05, 0) is 49.3 Å². The number of benzene rings is 2. The minimum atomic E-state index is -1.38. The van der Waals surface area contributed by atoms with Gasteiger partial charge < -0.3 is 5.32 Å². The summed E-state index contributed by atoms with van der Waals surface area (Å²) in [6.07, 6.45) is 7.13. The van der Waals surface area contributed by atoms with E-state index < -0.39 is 17.5 Å². The van der Waals surface area contributed by atoms with E-state index in [1.54, 1.807) is 0 Å². The molecule has 4 amide bonds. The summed E-state index contributed by atoms with van der Waals surface area (Å²) in [6, 6.07) is 18.1. The fourth-order valence-electron chi connectivity index (χ4n) is 5.83. The molecule has 2 atom stereocenters. The maximum absolute atomic E-state index is 13.7. The average molecular weight is 447 g/mol. The predicted molar refractivity (Wildman–Crippen MR) is 124 cm³/mol. The zero-order valence-electron chi connectivity index (χ0n) is 18.7. The standard InChI is InChI=1S/C26H30N4O3/c31-23(18-29-17-9-11-19-10-7-8-16-22(19)29)28-30-24(32)26(27-25(30)33,20-12-3-1-4-13-20)21-14-5-2-6-15-21/h1-6,12-15,19,22H,7-11,16-18H2,(H,27,33)(H,28,31)/t19-,22-/m0/s1. The Morgan fingerprint density at radius 2 is 1.52 bits per heavy atom. The van der Waals surface area contributed by atoms with Crippen LogP contribution in [0.15, 0.2) is 60.7 Å². The van der Waals surface area contributed by atoms with Crippen molar-refractivity contribution < 1.29 is 14.4 Å². The molecule has 33 heavy (non-hydrogen) atoms. The Labute approximate surface area is 194 Å². The highest BCUT2D eigenvalue weighted by molar-refractivity contribution is 6.10. The van der Waals surface area contributed by atoms with Crippen molar-refractivity contribution in [2.45, 2.75) is 50.1 Å². The Bertz CT molecular complexity index is 985. The number of hydrogen-bond donors (Lipinski definition) is 2. The van der Waals surface area contributed by atoms with Crippen molar-refractivity contribution in [3.8, 4) is 0 Å². The molecule has 2 aromatic carbocycles. The molecule has 0 aromatic heterocycles. The highest BCUT2D eigenvalue weighted by Gasteiger charge is 2.54. The highest BCUT2D eigenvalue weighted by Crippen LogP contribution is 2.36. The number of fused-ring (bicyclic) bond motifs is 1. The number of likely N-dealkylation sites (tertiary alicyclic amines) is 1. The van der Waals surface area contributed by atoms with E-state index in [1.165, 1.54) is 25.7 Å². The van der Waals surface area contributed by atoms with Gasteiger partial charge in [-0.1, -0.05) is 73.5 Å². The van der Waals surface area contributed by atoms with Crippen molar-refractivity contribution in [3.05, 3.63) is 71.8 Å². The Kier molecular flexibility index (Phi) is 5.89. The summed E-state index contributed by atoms with van der Waals surface area (Å²) >= 11 is 0. The number of nitrogens with zero attached hydrogens (tertiary/aromatic N) is 2. The van der Waals surface area contributed by atoms with Crippen molar-refractivity contribution >= 4 is 17.8 Å². The molecule has 2 heterocycles. The molecule has 0 unspecified atom stereocenters. The van der Waals surface area contributed by atoms with Crippen LogP contribution in [-0.4, -0.2) is 46.9 Å². The summed E-state index contributed by atoms with van der Waals surface area (Å²) in [7, 11) is 0. The Morgan fingerprint density at radius 3 is 2.18 bits per heavy atom. The van der Waals surface area contributed by atoms with Crippen LogP contribution in [0.2, 0.25) is 0 Å². The van der Waals surface area contributed by atoms with Gasteiger partial charge in [0.05, 0.1) is 6.54 Å². The van der Waals surface area contributed by atoms with E-state index in [2.05, 4.69) is 15.6 Å². The maximum Gasteiger partial charge on any atom is 0.344 e. The number of carbonyl (C=O) groups excluding carboxylic acids is 3. The van der Waals surface area contributed by atoms with Gasteiger partial charge in [-0.25, -0.2) is 4.79 Å². The van der Waals surface area contributed by atoms with Crippen LogP contribution in [0.25, 0.3) is 0 Å². The number of carbonyl (C=O) groups is 3. The molecule has 5 rings (SSSR count). The Morgan fingerprint density at radius 1 is 0.909 bits per heavy atom. The molecule has 7 heteroatoms. The zero-order valence-corrected chi connectivity index (χ0v) is 18.7.